The summed E-state index contributed by atoms with van der Waals surface area (Å²) in [7, 11) is 1.86. The zero-order valence-electron chi connectivity index (χ0n) is 10.1. The van der Waals surface area contributed by atoms with Gasteiger partial charge >= 0.3 is 0 Å². The second kappa shape index (κ2) is 5.30. The normalized spacial score (nSPS) is 12.9. The van der Waals surface area contributed by atoms with Gasteiger partial charge in [0.25, 0.3) is 0 Å². The van der Waals surface area contributed by atoms with Crippen molar-refractivity contribution in [2.45, 2.75) is 18.8 Å². The van der Waals surface area contributed by atoms with Crippen LogP contribution in [-0.4, -0.2) is 37.5 Å². The number of hydrogen-bond acceptors (Lipinski definition) is 4. The number of aromatic nitrogens is 2. The highest BCUT2D eigenvalue weighted by molar-refractivity contribution is 5.58. The van der Waals surface area contributed by atoms with Crippen molar-refractivity contribution in [3.63, 3.8) is 0 Å². The second-order valence-electron chi connectivity index (χ2n) is 4.26. The molecule has 1 heterocycles. The summed E-state index contributed by atoms with van der Waals surface area (Å²) in [4.78, 5) is 0. The van der Waals surface area contributed by atoms with Gasteiger partial charge < -0.3 is 15.3 Å². The maximum absolute atomic E-state index is 9.35. The number of aryl methyl sites for hydroxylation is 1. The van der Waals surface area contributed by atoms with Crippen LogP contribution in [-0.2, 0) is 13.5 Å². The lowest BCUT2D eigenvalue weighted by atomic mass is 10.0. The van der Waals surface area contributed by atoms with Crippen LogP contribution in [0.5, 0.6) is 0 Å². The molecule has 0 bridgehead atoms. The molecule has 18 heavy (non-hydrogen) atoms. The Morgan fingerprint density at radius 1 is 1.11 bits per heavy atom. The monoisotopic (exact) mass is 248 g/mol. The van der Waals surface area contributed by atoms with Crippen LogP contribution in [0.4, 0.5) is 0 Å². The van der Waals surface area contributed by atoms with E-state index in [1.54, 1.807) is 4.68 Å². The average Bonchev–Trinajstić information content (AvgIpc) is 2.76. The SMILES string of the molecule is Cn1ccc(-c2ccc(CC(O)C(O)O)cc2)n1. The summed E-state index contributed by atoms with van der Waals surface area (Å²) in [6.07, 6.45) is -0.791. The molecule has 0 saturated carbocycles. The van der Waals surface area contributed by atoms with E-state index >= 15 is 0 Å². The van der Waals surface area contributed by atoms with Crippen LogP contribution >= 0.6 is 0 Å². The Morgan fingerprint density at radius 3 is 2.28 bits per heavy atom. The van der Waals surface area contributed by atoms with Crippen LogP contribution in [0.1, 0.15) is 5.56 Å². The zero-order chi connectivity index (χ0) is 13.1. The first-order chi connectivity index (χ1) is 8.56. The van der Waals surface area contributed by atoms with E-state index < -0.39 is 12.4 Å². The quantitative estimate of drug-likeness (QED) is 0.680. The molecular weight excluding hydrogens is 232 g/mol. The van der Waals surface area contributed by atoms with Gasteiger partial charge in [0.1, 0.15) is 6.10 Å². The molecule has 0 aliphatic carbocycles. The van der Waals surface area contributed by atoms with Crippen LogP contribution in [0, 0.1) is 0 Å². The molecule has 2 aromatic rings. The first kappa shape index (κ1) is 12.8. The maximum Gasteiger partial charge on any atom is 0.178 e. The minimum absolute atomic E-state index is 0.208. The van der Waals surface area contributed by atoms with Gasteiger partial charge in [-0.25, -0.2) is 0 Å². The van der Waals surface area contributed by atoms with Crippen molar-refractivity contribution in [2.24, 2.45) is 7.05 Å². The van der Waals surface area contributed by atoms with E-state index in [1.807, 2.05) is 43.6 Å². The summed E-state index contributed by atoms with van der Waals surface area (Å²) in [6, 6.07) is 9.40. The van der Waals surface area contributed by atoms with Crippen LogP contribution in [0.15, 0.2) is 36.5 Å². The lowest BCUT2D eigenvalue weighted by molar-refractivity contribution is -0.120. The molecule has 0 spiro atoms. The van der Waals surface area contributed by atoms with Gasteiger partial charge in [-0.05, 0) is 11.6 Å². The van der Waals surface area contributed by atoms with Crippen molar-refractivity contribution in [3.8, 4) is 11.3 Å². The van der Waals surface area contributed by atoms with E-state index in [2.05, 4.69) is 5.10 Å². The number of benzene rings is 1. The van der Waals surface area contributed by atoms with E-state index in [4.69, 9.17) is 10.2 Å². The Labute approximate surface area is 105 Å². The van der Waals surface area contributed by atoms with Crippen LogP contribution in [0.3, 0.4) is 0 Å². The Bertz CT molecular complexity index is 505. The van der Waals surface area contributed by atoms with Gasteiger partial charge in [-0.2, -0.15) is 5.10 Å². The Morgan fingerprint density at radius 2 is 1.78 bits per heavy atom. The molecule has 5 heteroatoms. The van der Waals surface area contributed by atoms with Crippen LogP contribution in [0.2, 0.25) is 0 Å². The molecule has 2 rings (SSSR count). The van der Waals surface area contributed by atoms with E-state index in [9.17, 15) is 5.11 Å². The molecule has 96 valence electrons. The molecule has 3 N–H and O–H groups in total. The molecule has 1 aromatic heterocycles. The third-order valence-corrected chi connectivity index (χ3v) is 2.75. The molecule has 1 atom stereocenters. The summed E-state index contributed by atoms with van der Waals surface area (Å²) in [5, 5.41) is 31.3. The predicted molar refractivity (Wildman–Crippen MR) is 66.6 cm³/mol. The fraction of sp³-hybridized carbons (Fsp3) is 0.308. The van der Waals surface area contributed by atoms with Gasteiger partial charge in [-0.3, -0.25) is 4.68 Å². The molecule has 5 nitrogen and oxygen atoms in total. The lowest BCUT2D eigenvalue weighted by Gasteiger charge is -2.12. The first-order valence-electron chi connectivity index (χ1n) is 5.69. The first-order valence-corrected chi connectivity index (χ1v) is 5.69. The third kappa shape index (κ3) is 2.95. The fourth-order valence-corrected chi connectivity index (χ4v) is 1.73. The van der Waals surface area contributed by atoms with Crippen molar-refractivity contribution in [1.29, 1.82) is 0 Å². The highest BCUT2D eigenvalue weighted by atomic mass is 16.5. The van der Waals surface area contributed by atoms with E-state index in [0.29, 0.717) is 0 Å². The highest BCUT2D eigenvalue weighted by Crippen LogP contribution is 2.18. The van der Waals surface area contributed by atoms with Crippen molar-refractivity contribution in [2.75, 3.05) is 0 Å². The predicted octanol–water partition coefficient (Wildman–Crippen LogP) is 0.301. The van der Waals surface area contributed by atoms with Gasteiger partial charge in [0, 0.05) is 25.2 Å². The van der Waals surface area contributed by atoms with E-state index in [0.717, 1.165) is 16.8 Å². The molecule has 0 aliphatic rings. The number of aliphatic hydroxyl groups excluding tert-OH is 2. The lowest BCUT2D eigenvalue weighted by Crippen LogP contribution is -2.27. The minimum atomic E-state index is -1.71. The summed E-state index contributed by atoms with van der Waals surface area (Å²) < 4.78 is 1.73. The molecule has 0 amide bonds. The summed E-state index contributed by atoms with van der Waals surface area (Å²) in [5.74, 6) is 0. The van der Waals surface area contributed by atoms with Crippen molar-refractivity contribution in [3.05, 3.63) is 42.1 Å². The number of nitrogens with zero attached hydrogens (tertiary/aromatic N) is 2. The van der Waals surface area contributed by atoms with E-state index in [1.165, 1.54) is 0 Å². The Balaban J connectivity index is 2.10. The van der Waals surface area contributed by atoms with Crippen molar-refractivity contribution >= 4 is 0 Å². The van der Waals surface area contributed by atoms with Gasteiger partial charge in [0.05, 0.1) is 5.69 Å². The number of aliphatic hydroxyl groups is 3. The van der Waals surface area contributed by atoms with Gasteiger partial charge in [0.2, 0.25) is 0 Å². The molecule has 0 aliphatic heterocycles. The number of rotatable bonds is 4. The minimum Gasteiger partial charge on any atom is -0.387 e. The molecule has 0 fully saturated rings. The van der Waals surface area contributed by atoms with Gasteiger partial charge in [-0.1, -0.05) is 24.3 Å². The summed E-state index contributed by atoms with van der Waals surface area (Å²) in [5.41, 5.74) is 2.71. The smallest absolute Gasteiger partial charge is 0.178 e. The molecule has 0 saturated heterocycles. The average molecular weight is 248 g/mol. The summed E-state index contributed by atoms with van der Waals surface area (Å²) >= 11 is 0. The van der Waals surface area contributed by atoms with Crippen LogP contribution < -0.4 is 0 Å². The van der Waals surface area contributed by atoms with E-state index in [-0.39, 0.29) is 6.42 Å². The topological polar surface area (TPSA) is 78.5 Å². The standard InChI is InChI=1S/C13H16N2O3/c1-15-7-6-11(14-15)10-4-2-9(3-5-10)8-12(16)13(17)18/h2-7,12-13,16-18H,8H2,1H3. The Kier molecular flexibility index (Phi) is 3.76. The molecular formula is C13H16N2O3. The van der Waals surface area contributed by atoms with Crippen LogP contribution in [0.25, 0.3) is 11.3 Å². The van der Waals surface area contributed by atoms with Crippen molar-refractivity contribution in [1.82, 2.24) is 9.78 Å². The molecule has 1 aromatic carbocycles. The Hall–Kier alpha value is -1.69. The number of hydrogen-bond donors (Lipinski definition) is 3. The summed E-state index contributed by atoms with van der Waals surface area (Å²) in [6.45, 7) is 0. The largest absolute Gasteiger partial charge is 0.387 e. The fourth-order valence-electron chi connectivity index (χ4n) is 1.73. The second-order valence-corrected chi connectivity index (χ2v) is 4.26. The highest BCUT2D eigenvalue weighted by Gasteiger charge is 2.13. The van der Waals surface area contributed by atoms with Gasteiger partial charge in [-0.15, -0.1) is 0 Å². The van der Waals surface area contributed by atoms with Gasteiger partial charge in [0.15, 0.2) is 6.29 Å². The molecule has 0 radical (unpaired) electrons. The molecule has 1 unspecified atom stereocenters. The van der Waals surface area contributed by atoms with Crippen molar-refractivity contribution < 1.29 is 15.3 Å². The zero-order valence-corrected chi connectivity index (χ0v) is 10.1. The third-order valence-electron chi connectivity index (χ3n) is 2.75. The maximum atomic E-state index is 9.35.